The topological polar surface area (TPSA) is 40.6 Å². The smallest absolute Gasteiger partial charge is 0.253 e. The molecule has 0 N–H and O–H groups in total. The van der Waals surface area contributed by atoms with E-state index in [1.54, 1.807) is 15.9 Å². The van der Waals surface area contributed by atoms with E-state index in [0.29, 0.717) is 51.0 Å². The number of rotatable bonds is 4. The third kappa shape index (κ3) is 5.12. The Balaban J connectivity index is 1.53. The molecule has 2 aromatic carbocycles. The average molecular weight is 372 g/mol. The summed E-state index contributed by atoms with van der Waals surface area (Å²) in [5, 5.41) is 0. The summed E-state index contributed by atoms with van der Waals surface area (Å²) in [5.41, 5.74) is 1.24. The van der Waals surface area contributed by atoms with Crippen LogP contribution in [0.25, 0.3) is 0 Å². The van der Waals surface area contributed by atoms with Crippen molar-refractivity contribution in [3.63, 3.8) is 0 Å². The predicted octanol–water partition coefficient (Wildman–Crippen LogP) is 3.27. The molecule has 3 rings (SSSR count). The van der Waals surface area contributed by atoms with Crippen LogP contribution < -0.4 is 0 Å². The van der Waals surface area contributed by atoms with E-state index in [2.05, 4.69) is 0 Å². The second kappa shape index (κ2) is 8.75. The van der Waals surface area contributed by atoms with E-state index < -0.39 is 0 Å². The zero-order valence-corrected chi connectivity index (χ0v) is 15.0. The van der Waals surface area contributed by atoms with E-state index in [0.717, 1.165) is 5.56 Å². The Morgan fingerprint density at radius 3 is 2.30 bits per heavy atom. The molecule has 1 aliphatic rings. The van der Waals surface area contributed by atoms with Gasteiger partial charge in [0.05, 0.1) is 0 Å². The van der Waals surface area contributed by atoms with Crippen molar-refractivity contribution in [2.24, 2.45) is 0 Å². The summed E-state index contributed by atoms with van der Waals surface area (Å²) in [6.07, 6.45) is 1.50. The number of carbonyl (C=O) groups excluding carboxylic acids is 2. The van der Waals surface area contributed by atoms with Crippen LogP contribution in [0.3, 0.4) is 0 Å². The Kier molecular flexibility index (Phi) is 6.16. The third-order valence-corrected chi connectivity index (χ3v) is 4.74. The quantitative estimate of drug-likeness (QED) is 0.827. The first kappa shape index (κ1) is 19.0. The monoisotopic (exact) mass is 372 g/mol. The molecule has 0 aliphatic carbocycles. The maximum atomic E-state index is 13.2. The molecule has 0 unspecified atom stereocenters. The molecule has 0 radical (unpaired) electrons. The molecule has 27 heavy (non-hydrogen) atoms. The number of halogens is 2. The average Bonchev–Trinajstić information content (AvgIpc) is 2.92. The molecule has 142 valence electrons. The molecule has 0 bridgehead atoms. The fourth-order valence-electron chi connectivity index (χ4n) is 3.25. The Morgan fingerprint density at radius 2 is 1.56 bits per heavy atom. The number of aryl methyl sites for hydroxylation is 1. The van der Waals surface area contributed by atoms with Crippen LogP contribution in [0.5, 0.6) is 0 Å². The summed E-state index contributed by atoms with van der Waals surface area (Å²) >= 11 is 0. The molecule has 2 amide bonds. The lowest BCUT2D eigenvalue weighted by Crippen LogP contribution is -2.37. The maximum Gasteiger partial charge on any atom is 0.253 e. The van der Waals surface area contributed by atoms with Crippen LogP contribution in [0.15, 0.2) is 48.5 Å². The van der Waals surface area contributed by atoms with Crippen LogP contribution >= 0.6 is 0 Å². The van der Waals surface area contributed by atoms with Crippen molar-refractivity contribution >= 4 is 11.8 Å². The second-order valence-electron chi connectivity index (χ2n) is 6.66. The molecule has 1 aliphatic heterocycles. The lowest BCUT2D eigenvalue weighted by molar-refractivity contribution is -0.131. The minimum atomic E-state index is -0.377. The third-order valence-electron chi connectivity index (χ3n) is 4.74. The highest BCUT2D eigenvalue weighted by Crippen LogP contribution is 2.12. The number of benzene rings is 2. The minimum absolute atomic E-state index is 0.00958. The summed E-state index contributed by atoms with van der Waals surface area (Å²) in [4.78, 5) is 28.5. The fourth-order valence-corrected chi connectivity index (χ4v) is 3.25. The summed E-state index contributed by atoms with van der Waals surface area (Å²) < 4.78 is 26.3. The molecule has 1 fully saturated rings. The van der Waals surface area contributed by atoms with Gasteiger partial charge in [0, 0.05) is 38.2 Å². The van der Waals surface area contributed by atoms with Gasteiger partial charge in [0.2, 0.25) is 5.91 Å². The highest BCUT2D eigenvalue weighted by Gasteiger charge is 2.22. The number of amides is 2. The molecule has 0 saturated carbocycles. The number of nitrogens with zero attached hydrogens (tertiary/aromatic N) is 2. The van der Waals surface area contributed by atoms with Crippen molar-refractivity contribution in [1.82, 2.24) is 9.80 Å². The van der Waals surface area contributed by atoms with E-state index in [4.69, 9.17) is 0 Å². The van der Waals surface area contributed by atoms with Gasteiger partial charge in [-0.1, -0.05) is 12.1 Å². The standard InChI is InChI=1S/C21H22F2N2O2/c22-18-8-6-17(7-9-18)21(27)25-12-2-11-24(13-14-25)20(26)10-5-16-3-1-4-19(23)15-16/h1,3-4,6-9,15H,2,5,10-14H2. The number of carbonyl (C=O) groups is 2. The minimum Gasteiger partial charge on any atom is -0.341 e. The van der Waals surface area contributed by atoms with Gasteiger partial charge in [-0.05, 0) is 54.8 Å². The van der Waals surface area contributed by atoms with Crippen molar-refractivity contribution in [3.05, 3.63) is 71.3 Å². The van der Waals surface area contributed by atoms with Crippen LogP contribution in [0.2, 0.25) is 0 Å². The first-order valence-electron chi connectivity index (χ1n) is 9.10. The molecule has 6 heteroatoms. The second-order valence-corrected chi connectivity index (χ2v) is 6.66. The first-order valence-corrected chi connectivity index (χ1v) is 9.10. The van der Waals surface area contributed by atoms with Gasteiger partial charge in [-0.3, -0.25) is 9.59 Å². The summed E-state index contributed by atoms with van der Waals surface area (Å²) in [6.45, 7) is 2.07. The Morgan fingerprint density at radius 1 is 0.852 bits per heavy atom. The van der Waals surface area contributed by atoms with Crippen molar-refractivity contribution in [1.29, 1.82) is 0 Å². The summed E-state index contributed by atoms with van der Waals surface area (Å²) in [7, 11) is 0. The van der Waals surface area contributed by atoms with E-state index in [1.807, 2.05) is 6.07 Å². The van der Waals surface area contributed by atoms with Crippen LogP contribution in [0, 0.1) is 11.6 Å². The summed E-state index contributed by atoms with van der Waals surface area (Å²) in [5.74, 6) is -0.818. The van der Waals surface area contributed by atoms with Crippen molar-refractivity contribution in [2.45, 2.75) is 19.3 Å². The van der Waals surface area contributed by atoms with Crippen LogP contribution in [-0.2, 0) is 11.2 Å². The SMILES string of the molecule is O=C(CCc1cccc(F)c1)N1CCCN(C(=O)c2ccc(F)cc2)CC1. The van der Waals surface area contributed by atoms with E-state index in [-0.39, 0.29) is 23.4 Å². The van der Waals surface area contributed by atoms with Gasteiger partial charge in [0.15, 0.2) is 0 Å². The maximum absolute atomic E-state index is 13.2. The van der Waals surface area contributed by atoms with Gasteiger partial charge in [-0.2, -0.15) is 0 Å². The normalized spacial score (nSPS) is 14.7. The molecular formula is C21H22F2N2O2. The van der Waals surface area contributed by atoms with Crippen LogP contribution in [0.4, 0.5) is 8.78 Å². The van der Waals surface area contributed by atoms with Crippen LogP contribution in [0.1, 0.15) is 28.8 Å². The molecule has 1 heterocycles. The zero-order chi connectivity index (χ0) is 19.2. The van der Waals surface area contributed by atoms with Crippen molar-refractivity contribution in [2.75, 3.05) is 26.2 Å². The molecule has 1 saturated heterocycles. The Bertz CT molecular complexity index is 808. The van der Waals surface area contributed by atoms with E-state index in [1.165, 1.54) is 36.4 Å². The molecule has 0 aromatic heterocycles. The predicted molar refractivity (Wildman–Crippen MR) is 98.2 cm³/mol. The highest BCUT2D eigenvalue weighted by molar-refractivity contribution is 5.94. The largest absolute Gasteiger partial charge is 0.341 e. The van der Waals surface area contributed by atoms with Gasteiger partial charge < -0.3 is 9.80 Å². The van der Waals surface area contributed by atoms with Crippen LogP contribution in [-0.4, -0.2) is 47.8 Å². The van der Waals surface area contributed by atoms with Gasteiger partial charge in [-0.25, -0.2) is 8.78 Å². The Hall–Kier alpha value is -2.76. The zero-order valence-electron chi connectivity index (χ0n) is 15.0. The van der Waals surface area contributed by atoms with Gasteiger partial charge >= 0.3 is 0 Å². The fraction of sp³-hybridized carbons (Fsp3) is 0.333. The molecule has 4 nitrogen and oxygen atoms in total. The lowest BCUT2D eigenvalue weighted by atomic mass is 10.1. The van der Waals surface area contributed by atoms with Crippen molar-refractivity contribution in [3.8, 4) is 0 Å². The van der Waals surface area contributed by atoms with Gasteiger partial charge in [0.1, 0.15) is 11.6 Å². The van der Waals surface area contributed by atoms with E-state index >= 15 is 0 Å². The first-order chi connectivity index (χ1) is 13.0. The highest BCUT2D eigenvalue weighted by atomic mass is 19.1. The van der Waals surface area contributed by atoms with Gasteiger partial charge in [0.25, 0.3) is 5.91 Å². The molecule has 0 spiro atoms. The summed E-state index contributed by atoms with van der Waals surface area (Å²) in [6, 6.07) is 11.8. The molecule has 0 atom stereocenters. The molecular weight excluding hydrogens is 350 g/mol. The molecule has 2 aromatic rings. The number of hydrogen-bond donors (Lipinski definition) is 0. The number of hydrogen-bond acceptors (Lipinski definition) is 2. The Labute approximate surface area is 157 Å². The van der Waals surface area contributed by atoms with E-state index in [9.17, 15) is 18.4 Å². The van der Waals surface area contributed by atoms with Crippen molar-refractivity contribution < 1.29 is 18.4 Å². The lowest BCUT2D eigenvalue weighted by Gasteiger charge is -2.22. The van der Waals surface area contributed by atoms with Gasteiger partial charge in [-0.15, -0.1) is 0 Å².